The van der Waals surface area contributed by atoms with Gasteiger partial charge in [0.15, 0.2) is 0 Å². The Morgan fingerprint density at radius 2 is 1.52 bits per heavy atom. The summed E-state index contributed by atoms with van der Waals surface area (Å²) in [5, 5.41) is 3.06. The lowest BCUT2D eigenvalue weighted by atomic mass is 9.91. The van der Waals surface area contributed by atoms with Crippen LogP contribution >= 0.6 is 0 Å². The van der Waals surface area contributed by atoms with E-state index in [0.29, 0.717) is 0 Å². The van der Waals surface area contributed by atoms with E-state index in [1.807, 2.05) is 57.2 Å². The highest BCUT2D eigenvalue weighted by Crippen LogP contribution is 2.30. The second kappa shape index (κ2) is 6.13. The summed E-state index contributed by atoms with van der Waals surface area (Å²) in [4.78, 5) is 12.2. The summed E-state index contributed by atoms with van der Waals surface area (Å²) in [6.45, 7) is 7.93. The van der Waals surface area contributed by atoms with Crippen LogP contribution in [0.4, 0.5) is 5.69 Å². The van der Waals surface area contributed by atoms with Crippen molar-refractivity contribution in [3.05, 3.63) is 65.7 Å². The van der Waals surface area contributed by atoms with E-state index < -0.39 is 5.41 Å². The van der Waals surface area contributed by atoms with Crippen molar-refractivity contribution in [3.8, 4) is 0 Å². The molecule has 0 heterocycles. The predicted octanol–water partition coefficient (Wildman–Crippen LogP) is 4.82. The molecule has 2 heteroatoms. The zero-order valence-corrected chi connectivity index (χ0v) is 13.2. The highest BCUT2D eigenvalue weighted by molar-refractivity contribution is 5.95. The average molecular weight is 281 g/mol. The Kier molecular flexibility index (Phi) is 4.46. The first-order valence-corrected chi connectivity index (χ1v) is 7.35. The number of carbonyl (C=O) groups excluding carboxylic acids is 1. The summed E-state index contributed by atoms with van der Waals surface area (Å²) in [5.74, 6) is 0.276. The second-order valence-corrected chi connectivity index (χ2v) is 6.42. The highest BCUT2D eigenvalue weighted by atomic mass is 16.2. The van der Waals surface area contributed by atoms with Gasteiger partial charge in [-0.15, -0.1) is 0 Å². The molecule has 2 aromatic rings. The molecule has 0 aromatic heterocycles. The van der Waals surface area contributed by atoms with Gasteiger partial charge in [-0.3, -0.25) is 4.79 Å². The maximum atomic E-state index is 12.2. The number of carbonyl (C=O) groups is 1. The minimum Gasteiger partial charge on any atom is -0.325 e. The number of nitrogens with one attached hydrogen (secondary N) is 1. The van der Waals surface area contributed by atoms with E-state index >= 15 is 0 Å². The molecule has 1 amide bonds. The Morgan fingerprint density at radius 3 is 2.14 bits per heavy atom. The van der Waals surface area contributed by atoms with Gasteiger partial charge in [-0.05, 0) is 17.2 Å². The second-order valence-electron chi connectivity index (χ2n) is 6.42. The quantitative estimate of drug-likeness (QED) is 0.858. The van der Waals surface area contributed by atoms with Crippen molar-refractivity contribution < 1.29 is 4.79 Å². The maximum absolute atomic E-state index is 12.2. The summed E-state index contributed by atoms with van der Waals surface area (Å²) in [6, 6.07) is 18.4. The number of hydrogen-bond donors (Lipinski definition) is 1. The Labute approximate surface area is 127 Å². The zero-order chi connectivity index (χ0) is 15.5. The van der Waals surface area contributed by atoms with Crippen molar-refractivity contribution >= 4 is 11.6 Å². The van der Waals surface area contributed by atoms with Crippen LogP contribution in [-0.2, 0) is 4.79 Å². The number of hydrogen-bond acceptors (Lipinski definition) is 1. The molecule has 1 N–H and O–H groups in total. The molecule has 0 saturated carbocycles. The van der Waals surface area contributed by atoms with Crippen molar-refractivity contribution in [1.29, 1.82) is 0 Å². The lowest BCUT2D eigenvalue weighted by Crippen LogP contribution is -2.28. The van der Waals surface area contributed by atoms with E-state index in [-0.39, 0.29) is 11.8 Å². The molecular weight excluding hydrogens is 258 g/mol. The van der Waals surface area contributed by atoms with Gasteiger partial charge in [0.05, 0.1) is 0 Å². The van der Waals surface area contributed by atoms with Gasteiger partial charge in [-0.25, -0.2) is 0 Å². The third-order valence-corrected chi connectivity index (χ3v) is 3.66. The SMILES string of the molecule is C[C@@H](c1ccccc1)c1ccccc1NC(=O)C(C)(C)C. The minimum atomic E-state index is -0.400. The normalized spacial score (nSPS) is 12.8. The molecule has 21 heavy (non-hydrogen) atoms. The fourth-order valence-corrected chi connectivity index (χ4v) is 2.22. The molecule has 0 spiro atoms. The van der Waals surface area contributed by atoms with Gasteiger partial charge < -0.3 is 5.32 Å². The summed E-state index contributed by atoms with van der Waals surface area (Å²) in [7, 11) is 0. The van der Waals surface area contributed by atoms with Crippen LogP contribution in [-0.4, -0.2) is 5.91 Å². The molecule has 0 bridgehead atoms. The Morgan fingerprint density at radius 1 is 0.952 bits per heavy atom. The van der Waals surface area contributed by atoms with E-state index in [9.17, 15) is 4.79 Å². The number of para-hydroxylation sites is 1. The fourth-order valence-electron chi connectivity index (χ4n) is 2.22. The van der Waals surface area contributed by atoms with Crippen LogP contribution in [0.3, 0.4) is 0 Å². The van der Waals surface area contributed by atoms with Crippen LogP contribution in [0.2, 0.25) is 0 Å². The first-order chi connectivity index (χ1) is 9.89. The smallest absolute Gasteiger partial charge is 0.229 e. The third kappa shape index (κ3) is 3.72. The maximum Gasteiger partial charge on any atom is 0.229 e. The zero-order valence-electron chi connectivity index (χ0n) is 13.2. The highest BCUT2D eigenvalue weighted by Gasteiger charge is 2.22. The van der Waals surface area contributed by atoms with Gasteiger partial charge in [0, 0.05) is 17.0 Å². The van der Waals surface area contributed by atoms with Gasteiger partial charge in [-0.2, -0.15) is 0 Å². The molecular formula is C19H23NO. The molecule has 2 rings (SSSR count). The van der Waals surface area contributed by atoms with E-state index in [0.717, 1.165) is 11.3 Å². The minimum absolute atomic E-state index is 0.0372. The summed E-state index contributed by atoms with van der Waals surface area (Å²) < 4.78 is 0. The van der Waals surface area contributed by atoms with Crippen LogP contribution in [0.1, 0.15) is 44.7 Å². The largest absolute Gasteiger partial charge is 0.325 e. The molecule has 2 aromatic carbocycles. The van der Waals surface area contributed by atoms with Crippen molar-refractivity contribution in [2.24, 2.45) is 5.41 Å². The summed E-state index contributed by atoms with van der Waals surface area (Å²) in [6.07, 6.45) is 0. The van der Waals surface area contributed by atoms with Crippen LogP contribution in [0.25, 0.3) is 0 Å². The van der Waals surface area contributed by atoms with Crippen LogP contribution in [0.5, 0.6) is 0 Å². The first-order valence-electron chi connectivity index (χ1n) is 7.35. The number of benzene rings is 2. The molecule has 0 fully saturated rings. The van der Waals surface area contributed by atoms with E-state index in [2.05, 4.69) is 30.4 Å². The third-order valence-electron chi connectivity index (χ3n) is 3.66. The molecule has 0 radical (unpaired) electrons. The van der Waals surface area contributed by atoms with Crippen molar-refractivity contribution in [2.75, 3.05) is 5.32 Å². The van der Waals surface area contributed by atoms with Gasteiger partial charge in [0.25, 0.3) is 0 Å². The molecule has 110 valence electrons. The Balaban J connectivity index is 2.31. The first kappa shape index (κ1) is 15.3. The molecule has 0 aliphatic carbocycles. The van der Waals surface area contributed by atoms with E-state index in [1.165, 1.54) is 5.56 Å². The lowest BCUT2D eigenvalue weighted by molar-refractivity contribution is -0.123. The molecule has 1 atom stereocenters. The van der Waals surface area contributed by atoms with Crippen LogP contribution in [0, 0.1) is 5.41 Å². The predicted molar refractivity (Wildman–Crippen MR) is 88.5 cm³/mol. The molecule has 0 unspecified atom stereocenters. The standard InChI is InChI=1S/C19H23NO/c1-14(15-10-6-5-7-11-15)16-12-8-9-13-17(16)20-18(21)19(2,3)4/h5-14H,1-4H3,(H,20,21)/t14-/m0/s1. The van der Waals surface area contributed by atoms with Gasteiger partial charge in [0.2, 0.25) is 5.91 Å². The topological polar surface area (TPSA) is 29.1 Å². The van der Waals surface area contributed by atoms with E-state index in [1.54, 1.807) is 0 Å². The fraction of sp³-hybridized carbons (Fsp3) is 0.316. The lowest BCUT2D eigenvalue weighted by Gasteiger charge is -2.21. The van der Waals surface area contributed by atoms with Crippen molar-refractivity contribution in [1.82, 2.24) is 0 Å². The van der Waals surface area contributed by atoms with E-state index in [4.69, 9.17) is 0 Å². The molecule has 2 nitrogen and oxygen atoms in total. The number of anilines is 1. The molecule has 0 saturated heterocycles. The monoisotopic (exact) mass is 281 g/mol. The van der Waals surface area contributed by atoms with Crippen LogP contribution in [0.15, 0.2) is 54.6 Å². The van der Waals surface area contributed by atoms with Crippen molar-refractivity contribution in [2.45, 2.75) is 33.6 Å². The summed E-state index contributed by atoms with van der Waals surface area (Å²) in [5.41, 5.74) is 2.88. The van der Waals surface area contributed by atoms with Crippen LogP contribution < -0.4 is 5.32 Å². The Bertz CT molecular complexity index is 611. The Hall–Kier alpha value is -2.09. The van der Waals surface area contributed by atoms with Gasteiger partial charge >= 0.3 is 0 Å². The van der Waals surface area contributed by atoms with Gasteiger partial charge in [-0.1, -0.05) is 76.2 Å². The molecule has 0 aliphatic rings. The average Bonchev–Trinajstić information content (AvgIpc) is 2.47. The number of amides is 1. The molecule has 0 aliphatic heterocycles. The van der Waals surface area contributed by atoms with Gasteiger partial charge in [0.1, 0.15) is 0 Å². The summed E-state index contributed by atoms with van der Waals surface area (Å²) >= 11 is 0. The van der Waals surface area contributed by atoms with Crippen molar-refractivity contribution in [3.63, 3.8) is 0 Å². The number of rotatable bonds is 3.